The molecule has 0 aromatic heterocycles. The molecule has 1 aliphatic heterocycles. The Morgan fingerprint density at radius 3 is 2.67 bits per heavy atom. The molecule has 1 heterocycles. The van der Waals surface area contributed by atoms with Gasteiger partial charge in [-0.05, 0) is 25.0 Å². The van der Waals surface area contributed by atoms with Gasteiger partial charge in [-0.3, -0.25) is 4.79 Å². The highest BCUT2D eigenvalue weighted by molar-refractivity contribution is 6.01. The first kappa shape index (κ1) is 16.3. The summed E-state index contributed by atoms with van der Waals surface area (Å²) in [6.45, 7) is 1.84. The molecule has 1 atom stereocenters. The van der Waals surface area contributed by atoms with Gasteiger partial charge in [0.15, 0.2) is 5.78 Å². The van der Waals surface area contributed by atoms with Gasteiger partial charge in [0.2, 0.25) is 0 Å². The lowest BCUT2D eigenvalue weighted by molar-refractivity contribution is -0.136. The topological polar surface area (TPSA) is 64.6 Å². The Balaban J connectivity index is 1.89. The predicted molar refractivity (Wildman–Crippen MR) is 89.5 cm³/mol. The third-order valence-electron chi connectivity index (χ3n) is 4.74. The number of hydrogen-bond acceptors (Lipinski definition) is 5. The second kappa shape index (κ2) is 6.51. The Labute approximate surface area is 141 Å². The molecular weight excluding hydrogens is 306 g/mol. The molecule has 1 aromatic carbocycles. The molecule has 1 aromatic rings. The fourth-order valence-corrected chi connectivity index (χ4v) is 3.47. The van der Waals surface area contributed by atoms with Gasteiger partial charge in [0.1, 0.15) is 5.75 Å². The number of benzene rings is 1. The third kappa shape index (κ3) is 2.82. The van der Waals surface area contributed by atoms with Gasteiger partial charge in [0.05, 0.1) is 19.8 Å². The molecule has 1 N–H and O–H groups in total. The number of esters is 1. The lowest BCUT2D eigenvalue weighted by atomic mass is 9.78. The first-order valence-corrected chi connectivity index (χ1v) is 7.98. The average Bonchev–Trinajstić information content (AvgIpc) is 2.60. The van der Waals surface area contributed by atoms with Gasteiger partial charge in [0.25, 0.3) is 0 Å². The van der Waals surface area contributed by atoms with Gasteiger partial charge in [-0.2, -0.15) is 0 Å². The molecule has 0 fully saturated rings. The number of methoxy groups -OCH3 is 2. The van der Waals surface area contributed by atoms with Crippen molar-refractivity contribution in [2.75, 3.05) is 14.2 Å². The molecule has 0 saturated carbocycles. The van der Waals surface area contributed by atoms with Crippen molar-refractivity contribution in [2.24, 2.45) is 0 Å². The minimum Gasteiger partial charge on any atom is -0.496 e. The summed E-state index contributed by atoms with van der Waals surface area (Å²) in [5, 5.41) is 3.25. The van der Waals surface area contributed by atoms with E-state index in [-0.39, 0.29) is 17.7 Å². The predicted octanol–water partition coefficient (Wildman–Crippen LogP) is 2.84. The molecule has 1 unspecified atom stereocenters. The highest BCUT2D eigenvalue weighted by atomic mass is 16.5. The number of allylic oxidation sites excluding steroid dienone is 3. The number of carbonyl (C=O) groups excluding carboxylic acids is 2. The molecular formula is C19H21NO4. The van der Waals surface area contributed by atoms with E-state index in [0.29, 0.717) is 24.0 Å². The molecule has 5 heteroatoms. The molecule has 0 amide bonds. The van der Waals surface area contributed by atoms with Crippen LogP contribution in [0.4, 0.5) is 0 Å². The van der Waals surface area contributed by atoms with Crippen molar-refractivity contribution in [3.8, 4) is 5.75 Å². The smallest absolute Gasteiger partial charge is 0.335 e. The molecule has 0 bridgehead atoms. The van der Waals surface area contributed by atoms with Gasteiger partial charge in [-0.1, -0.05) is 18.2 Å². The van der Waals surface area contributed by atoms with E-state index in [1.165, 1.54) is 7.11 Å². The monoisotopic (exact) mass is 327 g/mol. The van der Waals surface area contributed by atoms with Crippen LogP contribution in [0, 0.1) is 0 Å². The summed E-state index contributed by atoms with van der Waals surface area (Å²) in [5.74, 6) is 0.574. The lowest BCUT2D eigenvalue weighted by Crippen LogP contribution is -2.31. The minimum atomic E-state index is -0.383. The van der Waals surface area contributed by atoms with Crippen molar-refractivity contribution < 1.29 is 19.1 Å². The van der Waals surface area contributed by atoms with E-state index in [9.17, 15) is 9.59 Å². The van der Waals surface area contributed by atoms with Gasteiger partial charge < -0.3 is 14.8 Å². The fourth-order valence-electron chi connectivity index (χ4n) is 3.47. The normalized spacial score (nSPS) is 20.5. The zero-order valence-electron chi connectivity index (χ0n) is 14.1. The number of dihydropyridines is 1. The Hall–Kier alpha value is -2.56. The van der Waals surface area contributed by atoms with E-state index in [2.05, 4.69) is 5.32 Å². The van der Waals surface area contributed by atoms with E-state index in [1.807, 2.05) is 31.2 Å². The number of Topliss-reactive ketones (excluding diaryl/α,β-unsaturated/α-hetero) is 1. The molecule has 0 saturated heterocycles. The van der Waals surface area contributed by atoms with Crippen LogP contribution in [0.3, 0.4) is 0 Å². The summed E-state index contributed by atoms with van der Waals surface area (Å²) in [6, 6.07) is 7.80. The van der Waals surface area contributed by atoms with E-state index < -0.39 is 0 Å². The Kier molecular flexibility index (Phi) is 4.42. The molecule has 1 aliphatic carbocycles. The van der Waals surface area contributed by atoms with Crippen LogP contribution in [-0.2, 0) is 14.3 Å². The Morgan fingerprint density at radius 1 is 1.21 bits per heavy atom. The quantitative estimate of drug-likeness (QED) is 0.865. The SMILES string of the molecule is COC(=O)C1=C(C)NC2=C(C1)C(=O)CC(c1ccccc1OC)C2. The standard InChI is InChI=1S/C19H21NO4/c1-11-14(19(22)24-3)10-15-16(20-11)8-12(9-17(15)21)13-6-4-5-7-18(13)23-2/h4-7,12,20H,8-10H2,1-3H3. The first-order chi connectivity index (χ1) is 11.5. The molecule has 0 radical (unpaired) electrons. The van der Waals surface area contributed by atoms with E-state index in [0.717, 1.165) is 29.1 Å². The number of nitrogens with one attached hydrogen (secondary N) is 1. The molecule has 0 spiro atoms. The number of ether oxygens (including phenoxy) is 2. The van der Waals surface area contributed by atoms with Crippen molar-refractivity contribution >= 4 is 11.8 Å². The maximum atomic E-state index is 12.7. The lowest BCUT2D eigenvalue weighted by Gasteiger charge is -2.32. The summed E-state index contributed by atoms with van der Waals surface area (Å²) in [7, 11) is 3.00. The van der Waals surface area contributed by atoms with Gasteiger partial charge in [-0.15, -0.1) is 0 Å². The van der Waals surface area contributed by atoms with Crippen LogP contribution in [-0.4, -0.2) is 26.0 Å². The Bertz CT molecular complexity index is 760. The molecule has 5 nitrogen and oxygen atoms in total. The Morgan fingerprint density at radius 2 is 1.96 bits per heavy atom. The second-order valence-electron chi connectivity index (χ2n) is 6.12. The second-order valence-corrected chi connectivity index (χ2v) is 6.12. The van der Waals surface area contributed by atoms with Gasteiger partial charge in [0, 0.05) is 35.7 Å². The van der Waals surface area contributed by atoms with Crippen LogP contribution in [0.15, 0.2) is 46.8 Å². The average molecular weight is 327 g/mol. The highest BCUT2D eigenvalue weighted by Crippen LogP contribution is 2.41. The van der Waals surface area contributed by atoms with Crippen LogP contribution < -0.4 is 10.1 Å². The van der Waals surface area contributed by atoms with Crippen LogP contribution in [0.1, 0.15) is 37.7 Å². The van der Waals surface area contributed by atoms with E-state index in [1.54, 1.807) is 7.11 Å². The maximum absolute atomic E-state index is 12.7. The minimum absolute atomic E-state index is 0.0763. The van der Waals surface area contributed by atoms with Crippen molar-refractivity contribution in [3.05, 3.63) is 52.4 Å². The van der Waals surface area contributed by atoms with Crippen molar-refractivity contribution in [3.63, 3.8) is 0 Å². The number of hydrogen-bond donors (Lipinski definition) is 1. The van der Waals surface area contributed by atoms with Crippen LogP contribution in [0.2, 0.25) is 0 Å². The summed E-state index contributed by atoms with van der Waals surface area (Å²) < 4.78 is 10.2. The first-order valence-electron chi connectivity index (χ1n) is 7.98. The molecule has 2 aliphatic rings. The summed E-state index contributed by atoms with van der Waals surface area (Å²) in [5.41, 5.74) is 3.94. The molecule has 24 heavy (non-hydrogen) atoms. The summed E-state index contributed by atoms with van der Waals surface area (Å²) >= 11 is 0. The van der Waals surface area contributed by atoms with E-state index >= 15 is 0 Å². The van der Waals surface area contributed by atoms with Gasteiger partial charge in [-0.25, -0.2) is 4.79 Å². The number of ketones is 1. The number of para-hydroxylation sites is 1. The maximum Gasteiger partial charge on any atom is 0.335 e. The van der Waals surface area contributed by atoms with Crippen LogP contribution >= 0.6 is 0 Å². The zero-order chi connectivity index (χ0) is 17.3. The molecule has 3 rings (SSSR count). The van der Waals surface area contributed by atoms with Crippen molar-refractivity contribution in [1.29, 1.82) is 0 Å². The van der Waals surface area contributed by atoms with Crippen molar-refractivity contribution in [2.45, 2.75) is 32.1 Å². The fraction of sp³-hybridized carbons (Fsp3) is 0.368. The molecule has 126 valence electrons. The number of carbonyl (C=O) groups is 2. The third-order valence-corrected chi connectivity index (χ3v) is 4.74. The summed E-state index contributed by atoms with van der Waals surface area (Å²) in [4.78, 5) is 24.5. The number of rotatable bonds is 3. The van der Waals surface area contributed by atoms with E-state index in [4.69, 9.17) is 9.47 Å². The summed E-state index contributed by atoms with van der Waals surface area (Å²) in [6.07, 6.45) is 1.50. The largest absolute Gasteiger partial charge is 0.496 e. The van der Waals surface area contributed by atoms with Crippen LogP contribution in [0.5, 0.6) is 5.75 Å². The van der Waals surface area contributed by atoms with Crippen LogP contribution in [0.25, 0.3) is 0 Å². The highest BCUT2D eigenvalue weighted by Gasteiger charge is 2.34. The zero-order valence-corrected chi connectivity index (χ0v) is 14.1. The van der Waals surface area contributed by atoms with Crippen molar-refractivity contribution in [1.82, 2.24) is 5.32 Å². The van der Waals surface area contributed by atoms with Gasteiger partial charge >= 0.3 is 5.97 Å².